The van der Waals surface area contributed by atoms with E-state index < -0.39 is 144 Å². The van der Waals surface area contributed by atoms with Crippen molar-refractivity contribution in [1.82, 2.24) is 0 Å². The average molecular weight is 702 g/mol. The Bertz CT molecular complexity index is 2630. The first-order chi connectivity index (χ1) is 23.8. The molecule has 0 spiro atoms. The maximum absolute atomic E-state index is 16.2. The van der Waals surface area contributed by atoms with Gasteiger partial charge in [0.15, 0.2) is 46.5 Å². The molecule has 0 unspecified atom stereocenters. The normalized spacial score (nSPS) is 12.3. The van der Waals surface area contributed by atoms with Gasteiger partial charge < -0.3 is 9.31 Å². The molecule has 1 aliphatic carbocycles. The second kappa shape index (κ2) is 11.0. The molecule has 0 aliphatic heterocycles. The van der Waals surface area contributed by atoms with Crippen LogP contribution in [0, 0.1) is 69.8 Å². The van der Waals surface area contributed by atoms with E-state index >= 15 is 30.7 Å². The van der Waals surface area contributed by atoms with Crippen molar-refractivity contribution in [3.63, 3.8) is 0 Å². The smallest absolute Gasteiger partial charge is 0.520 e. The van der Waals surface area contributed by atoms with Gasteiger partial charge >= 0.3 is 7.12 Å². The zero-order valence-electron chi connectivity index (χ0n) is 24.3. The first-order valence-corrected chi connectivity index (χ1v) is 14.4. The lowest BCUT2D eigenvalue weighted by molar-refractivity contribution is 0.369. The highest BCUT2D eigenvalue weighted by Gasteiger charge is 2.42. The molecule has 250 valence electrons. The van der Waals surface area contributed by atoms with E-state index in [4.69, 9.17) is 9.31 Å². The zero-order chi connectivity index (χ0) is 35.5. The molecule has 0 aromatic heterocycles. The fourth-order valence-electron chi connectivity index (χ4n) is 6.59. The summed E-state index contributed by atoms with van der Waals surface area (Å²) in [6, 6.07) is 8.31. The summed E-state index contributed by atoms with van der Waals surface area (Å²) in [7, 11) is -2.75. The summed E-state index contributed by atoms with van der Waals surface area (Å²) in [4.78, 5) is 0. The second-order valence-electron chi connectivity index (χ2n) is 11.4. The number of rotatable bonds is 5. The molecule has 0 amide bonds. The molecular formula is C35H11BF12O2. The molecule has 0 bridgehead atoms. The van der Waals surface area contributed by atoms with E-state index in [1.54, 1.807) is 0 Å². The first kappa shape index (κ1) is 31.7. The lowest BCUT2D eigenvalue weighted by Gasteiger charge is -2.23. The average Bonchev–Trinajstić information content (AvgIpc) is 3.49. The number of benzene rings is 7. The van der Waals surface area contributed by atoms with Crippen molar-refractivity contribution in [1.29, 1.82) is 0 Å². The van der Waals surface area contributed by atoms with Crippen molar-refractivity contribution < 1.29 is 62.0 Å². The van der Waals surface area contributed by atoms with Gasteiger partial charge in [-0.1, -0.05) is 30.3 Å². The minimum atomic E-state index is -2.75. The maximum atomic E-state index is 16.2. The molecule has 0 radical (unpaired) electrons. The molecule has 0 saturated heterocycles. The number of halogens is 12. The van der Waals surface area contributed by atoms with Gasteiger partial charge in [0.25, 0.3) is 0 Å². The van der Waals surface area contributed by atoms with Crippen molar-refractivity contribution >= 4 is 44.9 Å². The molecule has 15 heteroatoms. The summed E-state index contributed by atoms with van der Waals surface area (Å²) in [5.41, 5.74) is -3.00. The van der Waals surface area contributed by atoms with Crippen molar-refractivity contribution in [3.8, 4) is 22.6 Å². The lowest BCUT2D eigenvalue weighted by Crippen LogP contribution is -2.46. The highest BCUT2D eigenvalue weighted by atomic mass is 19.2. The van der Waals surface area contributed by atoms with Gasteiger partial charge in [-0.15, -0.1) is 0 Å². The highest BCUT2D eigenvalue weighted by Crippen LogP contribution is 2.47. The highest BCUT2D eigenvalue weighted by molar-refractivity contribution is 6.66. The van der Waals surface area contributed by atoms with Gasteiger partial charge in [0.2, 0.25) is 11.6 Å². The summed E-state index contributed by atoms with van der Waals surface area (Å²) in [6.07, 6.45) is -0.517. The van der Waals surface area contributed by atoms with E-state index in [9.17, 15) is 22.0 Å². The zero-order valence-corrected chi connectivity index (χ0v) is 24.3. The van der Waals surface area contributed by atoms with Crippen LogP contribution in [0.3, 0.4) is 0 Å². The molecule has 0 N–H and O–H groups in total. The third kappa shape index (κ3) is 4.21. The molecule has 8 rings (SSSR count). The Labute approximate surface area is 271 Å². The van der Waals surface area contributed by atoms with Crippen LogP contribution in [0.15, 0.2) is 54.6 Å². The van der Waals surface area contributed by atoms with Gasteiger partial charge in [-0.2, -0.15) is 8.78 Å². The largest absolute Gasteiger partial charge is 0.636 e. The van der Waals surface area contributed by atoms with Crippen LogP contribution >= 0.6 is 0 Å². The van der Waals surface area contributed by atoms with Crippen LogP contribution in [0.1, 0.15) is 11.1 Å². The Hall–Kier alpha value is -5.60. The quantitative estimate of drug-likeness (QED) is 0.0770. The summed E-state index contributed by atoms with van der Waals surface area (Å²) < 4.78 is 192. The molecule has 7 aromatic carbocycles. The molecule has 0 heterocycles. The Morgan fingerprint density at radius 3 is 1.90 bits per heavy atom. The van der Waals surface area contributed by atoms with E-state index in [-0.39, 0.29) is 10.9 Å². The molecule has 0 saturated carbocycles. The fourth-order valence-corrected chi connectivity index (χ4v) is 6.59. The van der Waals surface area contributed by atoms with Crippen molar-refractivity contribution in [2.24, 2.45) is 0 Å². The minimum Gasteiger partial charge on any atom is -0.520 e. The van der Waals surface area contributed by atoms with Crippen LogP contribution < -0.4 is 14.8 Å². The number of fused-ring (bicyclic) bond motifs is 3. The number of hydrogen-bond donors (Lipinski definition) is 0. The van der Waals surface area contributed by atoms with E-state index in [0.29, 0.717) is 12.1 Å². The maximum Gasteiger partial charge on any atom is 0.636 e. The molecule has 0 fully saturated rings. The van der Waals surface area contributed by atoms with Crippen molar-refractivity contribution in [3.05, 3.63) is 136 Å². The third-order valence-electron chi connectivity index (χ3n) is 8.75. The van der Waals surface area contributed by atoms with Crippen LogP contribution in [0.2, 0.25) is 0 Å². The van der Waals surface area contributed by atoms with Gasteiger partial charge in [-0.25, -0.2) is 43.9 Å². The Morgan fingerprint density at radius 1 is 0.460 bits per heavy atom. The van der Waals surface area contributed by atoms with E-state index in [2.05, 4.69) is 0 Å². The molecule has 2 nitrogen and oxygen atoms in total. The standard InChI is InChI=1S/C35H11BF12O2/c37-15-3-1-2-12-10-14-22(19(12)15)28(42)33(47)34(48)35(14)50-36(49-18-9-8-17(39)26(40)27(18)41)25-13-6-4-11-5-7-16(38)23-20(11)21(13)24(30(44)29(23)43)31(45)32(25)46/h1-9H,10H2. The molecule has 1 aliphatic rings. The van der Waals surface area contributed by atoms with Gasteiger partial charge in [-0.3, -0.25) is 0 Å². The van der Waals surface area contributed by atoms with E-state index in [1.807, 2.05) is 0 Å². The summed E-state index contributed by atoms with van der Waals surface area (Å²) >= 11 is 0. The monoisotopic (exact) mass is 702 g/mol. The summed E-state index contributed by atoms with van der Waals surface area (Å²) in [5, 5.41) is -4.00. The summed E-state index contributed by atoms with van der Waals surface area (Å²) in [5.74, 6) is -24.9. The van der Waals surface area contributed by atoms with Gasteiger partial charge in [0, 0.05) is 33.9 Å². The predicted molar refractivity (Wildman–Crippen MR) is 157 cm³/mol. The van der Waals surface area contributed by atoms with E-state index in [1.165, 1.54) is 12.1 Å². The van der Waals surface area contributed by atoms with Crippen LogP contribution in [0.5, 0.6) is 11.5 Å². The Balaban J connectivity index is 1.45. The third-order valence-corrected chi connectivity index (χ3v) is 8.75. The van der Waals surface area contributed by atoms with Crippen LogP contribution in [0.25, 0.3) is 43.4 Å². The SMILES string of the molecule is Fc1ccc(OB(Oc2c(F)c(F)c(F)c3c2Cc2cccc(F)c2-3)c2c(F)c(F)c3c(F)c(F)c4c(F)ccc5ccc2c3c54)c(F)c1F. The molecular weight excluding hydrogens is 691 g/mol. The summed E-state index contributed by atoms with van der Waals surface area (Å²) in [6.45, 7) is 0. The van der Waals surface area contributed by atoms with Crippen LogP contribution in [0.4, 0.5) is 52.7 Å². The second-order valence-corrected chi connectivity index (χ2v) is 11.4. The van der Waals surface area contributed by atoms with E-state index in [0.717, 1.165) is 30.3 Å². The lowest BCUT2D eigenvalue weighted by atomic mass is 9.73. The van der Waals surface area contributed by atoms with Crippen LogP contribution in [-0.2, 0) is 6.42 Å². The molecule has 0 atom stereocenters. The van der Waals surface area contributed by atoms with Crippen LogP contribution in [-0.4, -0.2) is 7.12 Å². The first-order valence-electron chi connectivity index (χ1n) is 14.4. The van der Waals surface area contributed by atoms with Gasteiger partial charge in [0.05, 0.1) is 16.2 Å². The molecule has 7 aromatic rings. The van der Waals surface area contributed by atoms with Crippen molar-refractivity contribution in [2.75, 3.05) is 0 Å². The topological polar surface area (TPSA) is 18.5 Å². The van der Waals surface area contributed by atoms with Gasteiger partial charge in [-0.05, 0) is 40.6 Å². The predicted octanol–water partition coefficient (Wildman–Crippen LogP) is 9.68. The van der Waals surface area contributed by atoms with Crippen molar-refractivity contribution in [2.45, 2.75) is 6.42 Å². The molecule has 50 heavy (non-hydrogen) atoms. The number of hydrogen-bond acceptors (Lipinski definition) is 2. The van der Waals surface area contributed by atoms with Gasteiger partial charge in [0.1, 0.15) is 23.1 Å². The fraction of sp³-hybridized carbons (Fsp3) is 0.0286. The minimum absolute atomic E-state index is 0.00376. The Morgan fingerprint density at radius 2 is 1.14 bits per heavy atom. The Kier molecular flexibility index (Phi) is 6.94.